The SMILES string of the molecule is CN(CC1(CO)CCC1)c1cnnc(Cl)c1Cl. The average molecular weight is 276 g/mol. The fourth-order valence-electron chi connectivity index (χ4n) is 2.24. The van der Waals surface area contributed by atoms with E-state index in [0.29, 0.717) is 5.02 Å². The van der Waals surface area contributed by atoms with Gasteiger partial charge in [-0.25, -0.2) is 0 Å². The van der Waals surface area contributed by atoms with Crippen molar-refractivity contribution in [1.29, 1.82) is 0 Å². The maximum atomic E-state index is 9.44. The van der Waals surface area contributed by atoms with Gasteiger partial charge in [0.05, 0.1) is 18.5 Å². The fraction of sp³-hybridized carbons (Fsp3) is 0.636. The second-order valence-corrected chi connectivity index (χ2v) is 5.44. The summed E-state index contributed by atoms with van der Waals surface area (Å²) >= 11 is 11.9. The molecule has 1 aromatic rings. The number of aromatic nitrogens is 2. The number of rotatable bonds is 4. The Morgan fingerprint density at radius 1 is 1.47 bits per heavy atom. The minimum atomic E-state index is 0.00776. The van der Waals surface area contributed by atoms with Crippen LogP contribution in [-0.4, -0.2) is 35.5 Å². The van der Waals surface area contributed by atoms with Gasteiger partial charge in [-0.2, -0.15) is 5.10 Å². The Labute approximate surface area is 111 Å². The van der Waals surface area contributed by atoms with Gasteiger partial charge in [0, 0.05) is 19.0 Å². The molecule has 0 bridgehead atoms. The molecular formula is C11H15Cl2N3O. The molecule has 0 unspecified atom stereocenters. The maximum absolute atomic E-state index is 9.44. The molecule has 0 amide bonds. The molecule has 1 aliphatic rings. The highest BCUT2D eigenvalue weighted by Crippen LogP contribution is 2.42. The summed E-state index contributed by atoms with van der Waals surface area (Å²) in [6.07, 6.45) is 4.88. The third-order valence-corrected chi connectivity index (χ3v) is 4.20. The van der Waals surface area contributed by atoms with Crippen molar-refractivity contribution in [3.8, 4) is 0 Å². The fourth-order valence-corrected chi connectivity index (χ4v) is 2.61. The van der Waals surface area contributed by atoms with Gasteiger partial charge in [-0.15, -0.1) is 5.10 Å². The van der Waals surface area contributed by atoms with E-state index in [2.05, 4.69) is 10.2 Å². The molecule has 2 rings (SSSR count). The molecule has 1 fully saturated rings. The molecule has 0 radical (unpaired) electrons. The molecule has 1 aliphatic carbocycles. The highest BCUT2D eigenvalue weighted by atomic mass is 35.5. The average Bonchev–Trinajstić information content (AvgIpc) is 2.27. The Bertz CT molecular complexity index is 404. The molecule has 1 aromatic heterocycles. The van der Waals surface area contributed by atoms with Gasteiger partial charge < -0.3 is 10.0 Å². The van der Waals surface area contributed by atoms with Crippen LogP contribution >= 0.6 is 23.2 Å². The zero-order valence-electron chi connectivity index (χ0n) is 9.66. The predicted molar refractivity (Wildman–Crippen MR) is 68.7 cm³/mol. The van der Waals surface area contributed by atoms with Gasteiger partial charge in [-0.3, -0.25) is 0 Å². The van der Waals surface area contributed by atoms with Crippen LogP contribution in [0.15, 0.2) is 6.20 Å². The molecule has 1 N–H and O–H groups in total. The summed E-state index contributed by atoms with van der Waals surface area (Å²) in [6, 6.07) is 0. The summed E-state index contributed by atoms with van der Waals surface area (Å²) in [6.45, 7) is 0.965. The van der Waals surface area contributed by atoms with E-state index < -0.39 is 0 Å². The van der Waals surface area contributed by atoms with E-state index in [1.165, 1.54) is 6.42 Å². The van der Waals surface area contributed by atoms with Crippen molar-refractivity contribution >= 4 is 28.9 Å². The highest BCUT2D eigenvalue weighted by molar-refractivity contribution is 6.42. The maximum Gasteiger partial charge on any atom is 0.172 e. The third kappa shape index (κ3) is 2.49. The van der Waals surface area contributed by atoms with Crippen molar-refractivity contribution in [3.63, 3.8) is 0 Å². The van der Waals surface area contributed by atoms with Crippen LogP contribution in [0.4, 0.5) is 5.69 Å². The largest absolute Gasteiger partial charge is 0.396 e. The minimum absolute atomic E-state index is 0.00776. The Kier molecular flexibility index (Phi) is 3.76. The molecule has 1 saturated carbocycles. The molecule has 0 atom stereocenters. The normalized spacial score (nSPS) is 17.6. The second kappa shape index (κ2) is 4.96. The van der Waals surface area contributed by atoms with Crippen LogP contribution in [-0.2, 0) is 0 Å². The van der Waals surface area contributed by atoms with Crippen molar-refractivity contribution in [3.05, 3.63) is 16.4 Å². The summed E-state index contributed by atoms with van der Waals surface area (Å²) < 4.78 is 0. The molecule has 4 nitrogen and oxygen atoms in total. The van der Waals surface area contributed by atoms with Crippen LogP contribution in [0.25, 0.3) is 0 Å². The van der Waals surface area contributed by atoms with Gasteiger partial charge in [-0.1, -0.05) is 29.6 Å². The highest BCUT2D eigenvalue weighted by Gasteiger charge is 2.37. The van der Waals surface area contributed by atoms with Crippen molar-refractivity contribution in [2.45, 2.75) is 19.3 Å². The Morgan fingerprint density at radius 2 is 2.18 bits per heavy atom. The first-order valence-electron chi connectivity index (χ1n) is 5.57. The standard InChI is InChI=1S/C11H15Cl2N3O/c1-16(6-11(7-17)3-2-4-11)8-5-14-15-10(13)9(8)12/h5,17H,2-4,6-7H2,1H3. The zero-order valence-corrected chi connectivity index (χ0v) is 11.2. The van der Waals surface area contributed by atoms with E-state index in [4.69, 9.17) is 23.2 Å². The zero-order chi connectivity index (χ0) is 12.5. The van der Waals surface area contributed by atoms with Crippen molar-refractivity contribution in [1.82, 2.24) is 10.2 Å². The lowest BCUT2D eigenvalue weighted by atomic mass is 9.69. The summed E-state index contributed by atoms with van der Waals surface area (Å²) in [5.74, 6) is 0. The van der Waals surface area contributed by atoms with Crippen molar-refractivity contribution < 1.29 is 5.11 Å². The lowest BCUT2D eigenvalue weighted by molar-refractivity contribution is 0.0524. The number of aliphatic hydroxyl groups excluding tert-OH is 1. The van der Waals surface area contributed by atoms with Gasteiger partial charge >= 0.3 is 0 Å². The summed E-state index contributed by atoms with van der Waals surface area (Å²) in [5, 5.41) is 17.5. The first-order valence-corrected chi connectivity index (χ1v) is 6.32. The Morgan fingerprint density at radius 3 is 2.71 bits per heavy atom. The van der Waals surface area contributed by atoms with Crippen LogP contribution in [0.5, 0.6) is 0 Å². The van der Waals surface area contributed by atoms with Gasteiger partial charge in [0.15, 0.2) is 5.15 Å². The molecule has 0 saturated heterocycles. The van der Waals surface area contributed by atoms with Crippen LogP contribution in [0.2, 0.25) is 10.2 Å². The number of aliphatic hydroxyl groups is 1. The topological polar surface area (TPSA) is 49.2 Å². The number of anilines is 1. The lowest BCUT2D eigenvalue weighted by Gasteiger charge is -2.43. The molecule has 0 aliphatic heterocycles. The van der Waals surface area contributed by atoms with E-state index in [-0.39, 0.29) is 17.2 Å². The smallest absolute Gasteiger partial charge is 0.172 e. The molecule has 1 heterocycles. The number of nitrogens with zero attached hydrogens (tertiary/aromatic N) is 3. The molecular weight excluding hydrogens is 261 g/mol. The molecule has 0 aromatic carbocycles. The monoisotopic (exact) mass is 275 g/mol. The van der Waals surface area contributed by atoms with Gasteiger partial charge in [0.1, 0.15) is 5.02 Å². The molecule has 0 spiro atoms. The molecule has 6 heteroatoms. The molecule has 94 valence electrons. The van der Waals surface area contributed by atoms with Gasteiger partial charge in [0.2, 0.25) is 0 Å². The quantitative estimate of drug-likeness (QED) is 0.917. The van der Waals surface area contributed by atoms with Crippen LogP contribution in [0.1, 0.15) is 19.3 Å². The summed E-state index contributed by atoms with van der Waals surface area (Å²) in [5.41, 5.74) is 0.764. The van der Waals surface area contributed by atoms with Gasteiger partial charge in [-0.05, 0) is 12.8 Å². The number of hydrogen-bond donors (Lipinski definition) is 1. The van der Waals surface area contributed by atoms with E-state index in [0.717, 1.165) is 25.1 Å². The number of halogens is 2. The van der Waals surface area contributed by atoms with E-state index in [1.807, 2.05) is 11.9 Å². The molecule has 17 heavy (non-hydrogen) atoms. The first-order chi connectivity index (χ1) is 8.08. The third-order valence-electron chi connectivity index (χ3n) is 3.47. The number of hydrogen-bond acceptors (Lipinski definition) is 4. The minimum Gasteiger partial charge on any atom is -0.396 e. The summed E-state index contributed by atoms with van der Waals surface area (Å²) in [4.78, 5) is 1.98. The van der Waals surface area contributed by atoms with Crippen LogP contribution in [0, 0.1) is 5.41 Å². The predicted octanol–water partition coefficient (Wildman–Crippen LogP) is 2.38. The van der Waals surface area contributed by atoms with Crippen molar-refractivity contribution in [2.24, 2.45) is 5.41 Å². The van der Waals surface area contributed by atoms with Crippen LogP contribution in [0.3, 0.4) is 0 Å². The van der Waals surface area contributed by atoms with E-state index in [1.54, 1.807) is 6.20 Å². The Balaban J connectivity index is 2.14. The van der Waals surface area contributed by atoms with E-state index >= 15 is 0 Å². The van der Waals surface area contributed by atoms with Crippen LogP contribution < -0.4 is 4.90 Å². The second-order valence-electron chi connectivity index (χ2n) is 4.70. The van der Waals surface area contributed by atoms with Crippen molar-refractivity contribution in [2.75, 3.05) is 25.1 Å². The van der Waals surface area contributed by atoms with E-state index in [9.17, 15) is 5.11 Å². The summed E-state index contributed by atoms with van der Waals surface area (Å²) in [7, 11) is 1.93. The lowest BCUT2D eigenvalue weighted by Crippen LogP contribution is -2.43. The Hall–Kier alpha value is -0.580. The first kappa shape index (κ1) is 12.9. The van der Waals surface area contributed by atoms with Gasteiger partial charge in [0.25, 0.3) is 0 Å².